The summed E-state index contributed by atoms with van der Waals surface area (Å²) in [5.74, 6) is 1.02. The van der Waals surface area contributed by atoms with Gasteiger partial charge in [0, 0.05) is 5.54 Å². The SMILES string of the molecule is CC(C)(C)NCC1CCCCCC1c1cccc(F)c1. The van der Waals surface area contributed by atoms with Crippen LogP contribution in [-0.4, -0.2) is 12.1 Å². The molecule has 2 rings (SSSR count). The van der Waals surface area contributed by atoms with E-state index in [0.717, 1.165) is 6.54 Å². The van der Waals surface area contributed by atoms with Crippen LogP contribution in [0.3, 0.4) is 0 Å². The summed E-state index contributed by atoms with van der Waals surface area (Å²) in [6, 6.07) is 7.23. The number of hydrogen-bond donors (Lipinski definition) is 1. The highest BCUT2D eigenvalue weighted by Gasteiger charge is 2.26. The third kappa shape index (κ3) is 4.59. The first kappa shape index (κ1) is 15.5. The van der Waals surface area contributed by atoms with Crippen LogP contribution in [0.4, 0.5) is 4.39 Å². The summed E-state index contributed by atoms with van der Waals surface area (Å²) in [7, 11) is 0. The molecule has 1 N–H and O–H groups in total. The minimum atomic E-state index is -0.103. The van der Waals surface area contributed by atoms with Gasteiger partial charge in [0.15, 0.2) is 0 Å². The van der Waals surface area contributed by atoms with Crippen molar-refractivity contribution in [2.75, 3.05) is 6.54 Å². The molecule has 1 saturated carbocycles. The summed E-state index contributed by atoms with van der Waals surface area (Å²) in [5.41, 5.74) is 1.34. The number of hydrogen-bond acceptors (Lipinski definition) is 1. The molecule has 0 radical (unpaired) electrons. The van der Waals surface area contributed by atoms with E-state index >= 15 is 0 Å². The fourth-order valence-corrected chi connectivity index (χ4v) is 3.24. The predicted octanol–water partition coefficient (Wildman–Crippen LogP) is 4.88. The van der Waals surface area contributed by atoms with Crippen molar-refractivity contribution in [2.45, 2.75) is 64.3 Å². The Morgan fingerprint density at radius 3 is 2.60 bits per heavy atom. The topological polar surface area (TPSA) is 12.0 Å². The van der Waals surface area contributed by atoms with Crippen molar-refractivity contribution in [3.05, 3.63) is 35.6 Å². The van der Waals surface area contributed by atoms with Crippen LogP contribution in [0, 0.1) is 11.7 Å². The summed E-state index contributed by atoms with van der Waals surface area (Å²) in [6.07, 6.45) is 6.34. The molecule has 2 heteroatoms. The van der Waals surface area contributed by atoms with Gasteiger partial charge >= 0.3 is 0 Å². The molecule has 1 nitrogen and oxygen atoms in total. The Morgan fingerprint density at radius 2 is 1.90 bits per heavy atom. The van der Waals surface area contributed by atoms with Crippen molar-refractivity contribution in [3.63, 3.8) is 0 Å². The standard InChI is InChI=1S/C18H28FN/c1-18(2,3)20-13-15-8-5-4-6-11-17(15)14-9-7-10-16(19)12-14/h7,9-10,12,15,17,20H,4-6,8,11,13H2,1-3H3. The van der Waals surface area contributed by atoms with Crippen molar-refractivity contribution in [1.29, 1.82) is 0 Å². The average Bonchev–Trinajstić information content (AvgIpc) is 2.60. The first-order valence-corrected chi connectivity index (χ1v) is 7.96. The lowest BCUT2D eigenvalue weighted by atomic mass is 9.82. The molecule has 0 spiro atoms. The van der Waals surface area contributed by atoms with Gasteiger partial charge in [-0.2, -0.15) is 0 Å². The van der Waals surface area contributed by atoms with Crippen LogP contribution in [0.1, 0.15) is 64.4 Å². The van der Waals surface area contributed by atoms with E-state index < -0.39 is 0 Å². The van der Waals surface area contributed by atoms with Crippen molar-refractivity contribution in [1.82, 2.24) is 5.32 Å². The van der Waals surface area contributed by atoms with Gasteiger partial charge in [0.1, 0.15) is 5.82 Å². The van der Waals surface area contributed by atoms with E-state index in [9.17, 15) is 4.39 Å². The number of nitrogens with one attached hydrogen (secondary N) is 1. The molecule has 2 unspecified atom stereocenters. The summed E-state index contributed by atoms with van der Waals surface area (Å²) in [5, 5.41) is 3.64. The second-order valence-electron chi connectivity index (χ2n) is 7.19. The molecule has 1 aromatic rings. The maximum Gasteiger partial charge on any atom is 0.123 e. The van der Waals surface area contributed by atoms with Crippen molar-refractivity contribution in [2.24, 2.45) is 5.92 Å². The van der Waals surface area contributed by atoms with E-state index in [1.54, 1.807) is 12.1 Å². The van der Waals surface area contributed by atoms with E-state index in [1.807, 2.05) is 6.07 Å². The van der Waals surface area contributed by atoms with Crippen LogP contribution in [0.25, 0.3) is 0 Å². The Balaban J connectivity index is 2.12. The van der Waals surface area contributed by atoms with Crippen molar-refractivity contribution >= 4 is 0 Å². The molecular formula is C18H28FN. The minimum absolute atomic E-state index is 0.103. The second kappa shape index (κ2) is 6.71. The monoisotopic (exact) mass is 277 g/mol. The van der Waals surface area contributed by atoms with Gasteiger partial charge in [-0.15, -0.1) is 0 Å². The minimum Gasteiger partial charge on any atom is -0.312 e. The van der Waals surface area contributed by atoms with Gasteiger partial charge in [0.25, 0.3) is 0 Å². The lowest BCUT2D eigenvalue weighted by Gasteiger charge is -2.30. The van der Waals surface area contributed by atoms with E-state index in [2.05, 4.69) is 32.2 Å². The number of benzene rings is 1. The molecule has 0 aromatic heterocycles. The Kier molecular flexibility index (Phi) is 5.20. The molecule has 0 amide bonds. The molecular weight excluding hydrogens is 249 g/mol. The zero-order valence-electron chi connectivity index (χ0n) is 13.1. The highest BCUT2D eigenvalue weighted by Crippen LogP contribution is 2.36. The molecule has 0 saturated heterocycles. The molecule has 0 bridgehead atoms. The van der Waals surface area contributed by atoms with Gasteiger partial charge < -0.3 is 5.32 Å². The number of halogens is 1. The molecule has 20 heavy (non-hydrogen) atoms. The van der Waals surface area contributed by atoms with Crippen molar-refractivity contribution < 1.29 is 4.39 Å². The largest absolute Gasteiger partial charge is 0.312 e. The molecule has 1 aliphatic carbocycles. The Morgan fingerprint density at radius 1 is 1.15 bits per heavy atom. The van der Waals surface area contributed by atoms with E-state index in [4.69, 9.17) is 0 Å². The fourth-order valence-electron chi connectivity index (χ4n) is 3.24. The van der Waals surface area contributed by atoms with Crippen LogP contribution in [-0.2, 0) is 0 Å². The Labute approximate surface area is 123 Å². The Bertz CT molecular complexity index is 422. The third-order valence-corrected chi connectivity index (χ3v) is 4.33. The van der Waals surface area contributed by atoms with Crippen LogP contribution >= 0.6 is 0 Å². The van der Waals surface area contributed by atoms with Gasteiger partial charge in [-0.1, -0.05) is 31.4 Å². The van der Waals surface area contributed by atoms with E-state index in [-0.39, 0.29) is 11.4 Å². The molecule has 2 atom stereocenters. The summed E-state index contributed by atoms with van der Waals surface area (Å²) < 4.78 is 13.5. The smallest absolute Gasteiger partial charge is 0.123 e. The lowest BCUT2D eigenvalue weighted by Crippen LogP contribution is -2.40. The van der Waals surface area contributed by atoms with Gasteiger partial charge in [0.2, 0.25) is 0 Å². The Hall–Kier alpha value is -0.890. The number of rotatable bonds is 3. The molecule has 0 heterocycles. The zero-order valence-corrected chi connectivity index (χ0v) is 13.1. The molecule has 112 valence electrons. The highest BCUT2D eigenvalue weighted by molar-refractivity contribution is 5.22. The molecule has 1 aromatic carbocycles. The molecule has 1 aliphatic rings. The van der Waals surface area contributed by atoms with Gasteiger partial charge in [-0.3, -0.25) is 0 Å². The lowest BCUT2D eigenvalue weighted by molar-refractivity contribution is 0.321. The third-order valence-electron chi connectivity index (χ3n) is 4.33. The predicted molar refractivity (Wildman–Crippen MR) is 83.5 cm³/mol. The van der Waals surface area contributed by atoms with Crippen LogP contribution in [0.15, 0.2) is 24.3 Å². The first-order valence-electron chi connectivity index (χ1n) is 7.96. The van der Waals surface area contributed by atoms with Crippen LogP contribution < -0.4 is 5.32 Å². The van der Waals surface area contributed by atoms with E-state index in [1.165, 1.54) is 37.7 Å². The van der Waals surface area contributed by atoms with Crippen molar-refractivity contribution in [3.8, 4) is 0 Å². The maximum atomic E-state index is 13.5. The van der Waals surface area contributed by atoms with Gasteiger partial charge in [-0.05, 0) is 69.7 Å². The summed E-state index contributed by atoms with van der Waals surface area (Å²) in [6.45, 7) is 7.66. The van der Waals surface area contributed by atoms with E-state index in [0.29, 0.717) is 11.8 Å². The first-order chi connectivity index (χ1) is 9.46. The quantitative estimate of drug-likeness (QED) is 0.777. The summed E-state index contributed by atoms with van der Waals surface area (Å²) in [4.78, 5) is 0. The van der Waals surface area contributed by atoms with Gasteiger partial charge in [0.05, 0.1) is 0 Å². The van der Waals surface area contributed by atoms with Crippen LogP contribution in [0.5, 0.6) is 0 Å². The van der Waals surface area contributed by atoms with Crippen LogP contribution in [0.2, 0.25) is 0 Å². The maximum absolute atomic E-state index is 13.5. The normalized spacial score (nSPS) is 24.4. The highest BCUT2D eigenvalue weighted by atomic mass is 19.1. The molecule has 1 fully saturated rings. The average molecular weight is 277 g/mol. The second-order valence-corrected chi connectivity index (χ2v) is 7.19. The van der Waals surface area contributed by atoms with Gasteiger partial charge in [-0.25, -0.2) is 4.39 Å². The summed E-state index contributed by atoms with van der Waals surface area (Å²) >= 11 is 0. The fraction of sp³-hybridized carbons (Fsp3) is 0.667. The molecule has 0 aliphatic heterocycles. The zero-order chi connectivity index (χ0) is 14.6.